The summed E-state index contributed by atoms with van der Waals surface area (Å²) in [4.78, 5) is 27.5. The lowest BCUT2D eigenvalue weighted by Gasteiger charge is -2.33. The van der Waals surface area contributed by atoms with E-state index >= 15 is 0 Å². The number of benzene rings is 1. The average Bonchev–Trinajstić information content (AvgIpc) is 3.12. The topological polar surface area (TPSA) is 49.4 Å². The number of nitrogens with one attached hydrogen (secondary N) is 1. The molecule has 3 atom stereocenters. The molecule has 3 fully saturated rings. The van der Waals surface area contributed by atoms with Crippen LogP contribution in [0.1, 0.15) is 55.3 Å². The van der Waals surface area contributed by atoms with Crippen molar-refractivity contribution < 1.29 is 9.59 Å². The van der Waals surface area contributed by atoms with E-state index in [2.05, 4.69) is 5.32 Å². The van der Waals surface area contributed by atoms with Crippen molar-refractivity contribution in [3.63, 3.8) is 0 Å². The van der Waals surface area contributed by atoms with E-state index in [1.165, 1.54) is 25.7 Å². The zero-order chi connectivity index (χ0) is 18.1. The smallest absolute Gasteiger partial charge is 0.239 e. The molecule has 3 aliphatic rings. The van der Waals surface area contributed by atoms with Crippen LogP contribution in [0.15, 0.2) is 24.3 Å². The first-order valence-corrected chi connectivity index (χ1v) is 10.3. The quantitative estimate of drug-likeness (QED) is 0.762. The predicted octanol–water partition coefficient (Wildman–Crippen LogP) is 4.10. The fraction of sp³-hybridized carbons (Fsp3) is 0.619. The molecule has 2 heterocycles. The van der Waals surface area contributed by atoms with Gasteiger partial charge in [-0.15, -0.1) is 12.4 Å². The fourth-order valence-electron chi connectivity index (χ4n) is 4.94. The molecule has 1 N–H and O–H groups in total. The van der Waals surface area contributed by atoms with Gasteiger partial charge in [0.2, 0.25) is 5.91 Å². The minimum atomic E-state index is -0.00776. The van der Waals surface area contributed by atoms with Crippen molar-refractivity contribution in [3.05, 3.63) is 34.9 Å². The second-order valence-electron chi connectivity index (χ2n) is 8.08. The summed E-state index contributed by atoms with van der Waals surface area (Å²) in [5, 5.41) is 4.23. The van der Waals surface area contributed by atoms with E-state index in [-0.39, 0.29) is 36.1 Å². The highest BCUT2D eigenvalue weighted by molar-refractivity contribution is 6.30. The maximum atomic E-state index is 12.9. The Kier molecular flexibility index (Phi) is 6.83. The molecule has 4 nitrogen and oxygen atoms in total. The van der Waals surface area contributed by atoms with Gasteiger partial charge in [0, 0.05) is 35.6 Å². The standard InChI is InChI=1S/C21H27ClN2O2.ClH/c22-17-7-5-14(6-8-17)20(25)15-9-11-24(12-10-15)21(26)19-13-16-3-1-2-4-18(16)23-19;/h5-8,15-16,18-19,23H,1-4,9-13H2;1H. The number of hydrogen-bond acceptors (Lipinski definition) is 3. The Labute approximate surface area is 172 Å². The summed E-state index contributed by atoms with van der Waals surface area (Å²) >= 11 is 5.90. The largest absolute Gasteiger partial charge is 0.341 e. The van der Waals surface area contributed by atoms with Crippen molar-refractivity contribution in [2.45, 2.75) is 57.0 Å². The summed E-state index contributed by atoms with van der Waals surface area (Å²) in [5.41, 5.74) is 0.723. The molecule has 0 radical (unpaired) electrons. The van der Waals surface area contributed by atoms with E-state index in [4.69, 9.17) is 11.6 Å². The number of fused-ring (bicyclic) bond motifs is 1. The molecule has 1 aromatic carbocycles. The van der Waals surface area contributed by atoms with E-state index < -0.39 is 0 Å². The lowest BCUT2D eigenvalue weighted by atomic mass is 9.85. The third-order valence-electron chi connectivity index (χ3n) is 6.47. The molecule has 2 saturated heterocycles. The van der Waals surface area contributed by atoms with Gasteiger partial charge in [-0.25, -0.2) is 0 Å². The number of ketones is 1. The highest BCUT2D eigenvalue weighted by atomic mass is 35.5. The number of nitrogens with zero attached hydrogens (tertiary/aromatic N) is 1. The monoisotopic (exact) mass is 410 g/mol. The van der Waals surface area contributed by atoms with Crippen molar-refractivity contribution in [1.29, 1.82) is 0 Å². The Morgan fingerprint density at radius 1 is 1.00 bits per heavy atom. The molecule has 0 bridgehead atoms. The summed E-state index contributed by atoms with van der Waals surface area (Å²) < 4.78 is 0. The van der Waals surface area contributed by atoms with Crippen LogP contribution in [0.25, 0.3) is 0 Å². The third kappa shape index (κ3) is 4.49. The van der Waals surface area contributed by atoms with Crippen LogP contribution < -0.4 is 5.32 Å². The number of carbonyl (C=O) groups is 2. The van der Waals surface area contributed by atoms with Gasteiger partial charge in [0.15, 0.2) is 5.78 Å². The summed E-state index contributed by atoms with van der Waals surface area (Å²) in [7, 11) is 0. The molecular formula is C21H28Cl2N2O2. The van der Waals surface area contributed by atoms with Crippen LogP contribution in [-0.4, -0.2) is 41.8 Å². The van der Waals surface area contributed by atoms with Crippen LogP contribution in [0.2, 0.25) is 5.02 Å². The van der Waals surface area contributed by atoms with Gasteiger partial charge < -0.3 is 10.2 Å². The second kappa shape index (κ2) is 8.93. The average molecular weight is 411 g/mol. The number of Topliss-reactive ketones (excluding diaryl/α,β-unsaturated/α-hetero) is 1. The maximum absolute atomic E-state index is 12.9. The van der Waals surface area contributed by atoms with Crippen LogP contribution in [0.4, 0.5) is 0 Å². The van der Waals surface area contributed by atoms with Gasteiger partial charge in [-0.3, -0.25) is 9.59 Å². The number of halogens is 2. The Hall–Kier alpha value is -1.10. The number of rotatable bonds is 3. The molecule has 6 heteroatoms. The van der Waals surface area contributed by atoms with Crippen LogP contribution in [0.3, 0.4) is 0 Å². The van der Waals surface area contributed by atoms with Gasteiger partial charge in [-0.05, 0) is 62.3 Å². The van der Waals surface area contributed by atoms with E-state index in [0.717, 1.165) is 24.8 Å². The van der Waals surface area contributed by atoms with Gasteiger partial charge in [-0.1, -0.05) is 24.4 Å². The van der Waals surface area contributed by atoms with E-state index in [1.807, 2.05) is 4.90 Å². The first-order valence-electron chi connectivity index (χ1n) is 9.96. The zero-order valence-electron chi connectivity index (χ0n) is 15.5. The normalized spacial score (nSPS) is 28.3. The molecule has 1 aromatic rings. The molecular weight excluding hydrogens is 383 g/mol. The second-order valence-corrected chi connectivity index (χ2v) is 8.51. The number of hydrogen-bond donors (Lipinski definition) is 1. The lowest BCUT2D eigenvalue weighted by Crippen LogP contribution is -2.48. The van der Waals surface area contributed by atoms with Crippen molar-refractivity contribution in [2.75, 3.05) is 13.1 Å². The third-order valence-corrected chi connectivity index (χ3v) is 6.72. The Morgan fingerprint density at radius 3 is 2.33 bits per heavy atom. The van der Waals surface area contributed by atoms with E-state index in [1.54, 1.807) is 24.3 Å². The van der Waals surface area contributed by atoms with Crippen LogP contribution in [0, 0.1) is 11.8 Å². The SMILES string of the molecule is Cl.O=C(c1ccc(Cl)cc1)C1CCN(C(=O)C2CC3CCCCC3N2)CC1. The zero-order valence-corrected chi connectivity index (χ0v) is 17.1. The van der Waals surface area contributed by atoms with Gasteiger partial charge in [0.05, 0.1) is 6.04 Å². The first-order chi connectivity index (χ1) is 12.6. The van der Waals surface area contributed by atoms with Gasteiger partial charge >= 0.3 is 0 Å². The minimum Gasteiger partial charge on any atom is -0.341 e. The molecule has 1 aliphatic carbocycles. The molecule has 0 aromatic heterocycles. The molecule has 3 unspecified atom stereocenters. The number of piperidine rings is 1. The van der Waals surface area contributed by atoms with Gasteiger partial charge in [0.1, 0.15) is 0 Å². The lowest BCUT2D eigenvalue weighted by molar-refractivity contribution is -0.134. The molecule has 1 amide bonds. The van der Waals surface area contributed by atoms with Crippen molar-refractivity contribution in [1.82, 2.24) is 10.2 Å². The molecule has 4 rings (SSSR count). The van der Waals surface area contributed by atoms with E-state index in [0.29, 0.717) is 30.1 Å². The molecule has 0 spiro atoms. The van der Waals surface area contributed by atoms with Crippen LogP contribution in [0.5, 0.6) is 0 Å². The summed E-state index contributed by atoms with van der Waals surface area (Å²) in [6.07, 6.45) is 7.58. The van der Waals surface area contributed by atoms with Crippen LogP contribution in [-0.2, 0) is 4.79 Å². The Morgan fingerprint density at radius 2 is 1.67 bits per heavy atom. The Bertz CT molecular complexity index is 657. The predicted molar refractivity (Wildman–Crippen MR) is 110 cm³/mol. The highest BCUT2D eigenvalue weighted by Gasteiger charge is 2.40. The Balaban J connectivity index is 0.00000210. The highest BCUT2D eigenvalue weighted by Crippen LogP contribution is 2.34. The van der Waals surface area contributed by atoms with Gasteiger partial charge in [-0.2, -0.15) is 0 Å². The summed E-state index contributed by atoms with van der Waals surface area (Å²) in [5.74, 6) is 1.12. The van der Waals surface area contributed by atoms with Crippen molar-refractivity contribution >= 4 is 35.7 Å². The van der Waals surface area contributed by atoms with E-state index in [9.17, 15) is 9.59 Å². The number of carbonyl (C=O) groups excluding carboxylic acids is 2. The maximum Gasteiger partial charge on any atom is 0.239 e. The molecule has 27 heavy (non-hydrogen) atoms. The first kappa shape index (κ1) is 20.6. The van der Waals surface area contributed by atoms with Gasteiger partial charge in [0.25, 0.3) is 0 Å². The van der Waals surface area contributed by atoms with Crippen LogP contribution >= 0.6 is 24.0 Å². The summed E-state index contributed by atoms with van der Waals surface area (Å²) in [6, 6.07) is 7.66. The number of amides is 1. The fourth-order valence-corrected chi connectivity index (χ4v) is 5.07. The molecule has 2 aliphatic heterocycles. The van der Waals surface area contributed by atoms with Crippen molar-refractivity contribution in [3.8, 4) is 0 Å². The van der Waals surface area contributed by atoms with Crippen molar-refractivity contribution in [2.24, 2.45) is 11.8 Å². The summed E-state index contributed by atoms with van der Waals surface area (Å²) in [6.45, 7) is 1.38. The molecule has 148 valence electrons. The molecule has 1 saturated carbocycles. The number of likely N-dealkylation sites (tertiary alicyclic amines) is 1. The minimum absolute atomic E-state index is 0.